The van der Waals surface area contributed by atoms with Gasteiger partial charge in [0.1, 0.15) is 12.4 Å². The highest BCUT2D eigenvalue weighted by Crippen LogP contribution is 2.23. The molecule has 0 aromatic heterocycles. The van der Waals surface area contributed by atoms with Crippen LogP contribution in [0.4, 0.5) is 5.69 Å². The molecule has 0 aliphatic carbocycles. The van der Waals surface area contributed by atoms with E-state index in [1.54, 1.807) is 0 Å². The summed E-state index contributed by atoms with van der Waals surface area (Å²) in [6.45, 7) is 4.66. The zero-order valence-corrected chi connectivity index (χ0v) is 21.4. The minimum atomic E-state index is -3.89. The Hall–Kier alpha value is -3.31. The molecular formula is C27H31N3O6S. The van der Waals surface area contributed by atoms with Gasteiger partial charge in [-0.3, -0.25) is 15.0 Å². The maximum absolute atomic E-state index is 13.6. The first-order valence-corrected chi connectivity index (χ1v) is 13.7. The van der Waals surface area contributed by atoms with E-state index in [0.717, 1.165) is 30.8 Å². The van der Waals surface area contributed by atoms with Crippen molar-refractivity contribution in [2.24, 2.45) is 0 Å². The third kappa shape index (κ3) is 7.59. The lowest BCUT2D eigenvalue weighted by Crippen LogP contribution is -2.39. The Morgan fingerprint density at radius 3 is 2.35 bits per heavy atom. The van der Waals surface area contributed by atoms with Gasteiger partial charge >= 0.3 is 0 Å². The molecule has 0 radical (unpaired) electrons. The van der Waals surface area contributed by atoms with Gasteiger partial charge in [-0.25, -0.2) is 8.42 Å². The number of nitro groups is 1. The summed E-state index contributed by atoms with van der Waals surface area (Å²) in [7, 11) is -3.89. The molecule has 1 fully saturated rings. The lowest BCUT2D eigenvalue weighted by molar-refractivity contribution is -0.384. The molecule has 0 N–H and O–H groups in total. The van der Waals surface area contributed by atoms with Crippen LogP contribution in [0.25, 0.3) is 0 Å². The lowest BCUT2D eigenvalue weighted by atomic mass is 10.2. The van der Waals surface area contributed by atoms with E-state index in [1.165, 1.54) is 28.6 Å². The molecule has 37 heavy (non-hydrogen) atoms. The standard InChI is InChI=1S/C27H31N3O6S/c31-30(32)25-10-12-27(13-11-25)37(33,34)29(15-5-14-28-16-18-35-19-17-28)21-24-8-4-9-26(20-24)36-22-23-6-2-1-3-7-23/h1-4,6-13,20H,5,14-19,21-22H2. The highest BCUT2D eigenvalue weighted by molar-refractivity contribution is 7.89. The lowest BCUT2D eigenvalue weighted by Gasteiger charge is -2.28. The highest BCUT2D eigenvalue weighted by Gasteiger charge is 2.26. The van der Waals surface area contributed by atoms with Gasteiger partial charge in [-0.05, 0) is 48.4 Å². The number of benzene rings is 3. The molecule has 1 saturated heterocycles. The van der Waals surface area contributed by atoms with Gasteiger partial charge in [0.15, 0.2) is 0 Å². The van der Waals surface area contributed by atoms with Crippen LogP contribution in [0.2, 0.25) is 0 Å². The first-order valence-electron chi connectivity index (χ1n) is 12.2. The molecule has 1 heterocycles. The summed E-state index contributed by atoms with van der Waals surface area (Å²) in [6, 6.07) is 22.3. The molecule has 4 rings (SSSR count). The summed E-state index contributed by atoms with van der Waals surface area (Å²) in [5.74, 6) is 0.655. The smallest absolute Gasteiger partial charge is 0.269 e. The average Bonchev–Trinajstić information content (AvgIpc) is 2.93. The fourth-order valence-corrected chi connectivity index (χ4v) is 5.61. The molecule has 0 saturated carbocycles. The average molecular weight is 526 g/mol. The van der Waals surface area contributed by atoms with Crippen molar-refractivity contribution >= 4 is 15.7 Å². The van der Waals surface area contributed by atoms with Gasteiger partial charge in [0.25, 0.3) is 5.69 Å². The molecule has 196 valence electrons. The summed E-state index contributed by atoms with van der Waals surface area (Å²) in [6.07, 6.45) is 0.649. The van der Waals surface area contributed by atoms with Crippen molar-refractivity contribution in [3.63, 3.8) is 0 Å². The molecule has 0 atom stereocenters. The van der Waals surface area contributed by atoms with Crippen LogP contribution in [0, 0.1) is 10.1 Å². The van der Waals surface area contributed by atoms with E-state index >= 15 is 0 Å². The minimum absolute atomic E-state index is 0.0287. The quantitative estimate of drug-likeness (QED) is 0.259. The van der Waals surface area contributed by atoms with E-state index in [2.05, 4.69) is 4.90 Å². The number of morpholine rings is 1. The SMILES string of the molecule is O=[N+]([O-])c1ccc(S(=O)(=O)N(CCCN2CCOCC2)Cc2cccc(OCc3ccccc3)c2)cc1. The molecule has 0 bridgehead atoms. The highest BCUT2D eigenvalue weighted by atomic mass is 32.2. The van der Waals surface area contributed by atoms with Crippen LogP contribution in [0.1, 0.15) is 17.5 Å². The van der Waals surface area contributed by atoms with Crippen molar-refractivity contribution in [1.29, 1.82) is 0 Å². The number of sulfonamides is 1. The van der Waals surface area contributed by atoms with Crippen molar-refractivity contribution in [3.05, 3.63) is 100 Å². The molecule has 0 unspecified atom stereocenters. The Bertz CT molecular complexity index is 1260. The van der Waals surface area contributed by atoms with Crippen LogP contribution in [-0.4, -0.2) is 61.9 Å². The third-order valence-corrected chi connectivity index (χ3v) is 8.04. The second-order valence-electron chi connectivity index (χ2n) is 8.82. The van der Waals surface area contributed by atoms with E-state index in [-0.39, 0.29) is 17.1 Å². The molecule has 1 aliphatic rings. The van der Waals surface area contributed by atoms with Crippen molar-refractivity contribution in [2.75, 3.05) is 39.4 Å². The van der Waals surface area contributed by atoms with E-state index in [9.17, 15) is 18.5 Å². The fraction of sp³-hybridized carbons (Fsp3) is 0.333. The molecule has 0 amide bonds. The largest absolute Gasteiger partial charge is 0.489 e. The fourth-order valence-electron chi connectivity index (χ4n) is 4.15. The number of nitrogens with zero attached hydrogens (tertiary/aromatic N) is 3. The predicted molar refractivity (Wildman–Crippen MR) is 140 cm³/mol. The van der Waals surface area contributed by atoms with Gasteiger partial charge in [-0.2, -0.15) is 4.31 Å². The Kier molecular flexibility index (Phi) is 9.24. The second kappa shape index (κ2) is 12.8. The van der Waals surface area contributed by atoms with Gasteiger partial charge in [0.05, 0.1) is 23.0 Å². The van der Waals surface area contributed by atoms with Crippen molar-refractivity contribution in [1.82, 2.24) is 9.21 Å². The van der Waals surface area contributed by atoms with E-state index in [4.69, 9.17) is 9.47 Å². The summed E-state index contributed by atoms with van der Waals surface area (Å²) in [5.41, 5.74) is 1.68. The van der Waals surface area contributed by atoms with Crippen molar-refractivity contribution < 1.29 is 22.8 Å². The molecule has 3 aromatic carbocycles. The zero-order valence-electron chi connectivity index (χ0n) is 20.6. The molecule has 3 aromatic rings. The summed E-state index contributed by atoms with van der Waals surface area (Å²) >= 11 is 0. The molecule has 0 spiro atoms. The number of hydrogen-bond acceptors (Lipinski definition) is 7. The molecular weight excluding hydrogens is 494 g/mol. The van der Waals surface area contributed by atoms with Crippen LogP contribution < -0.4 is 4.74 Å². The van der Waals surface area contributed by atoms with E-state index < -0.39 is 14.9 Å². The van der Waals surface area contributed by atoms with Gasteiger partial charge in [-0.1, -0.05) is 42.5 Å². The van der Waals surface area contributed by atoms with E-state index in [1.807, 2.05) is 54.6 Å². The number of ether oxygens (including phenoxy) is 2. The van der Waals surface area contributed by atoms with E-state index in [0.29, 0.717) is 38.5 Å². The Balaban J connectivity index is 1.49. The van der Waals surface area contributed by atoms with Crippen LogP contribution in [0.5, 0.6) is 5.75 Å². The molecule has 10 heteroatoms. The zero-order chi connectivity index (χ0) is 26.1. The minimum Gasteiger partial charge on any atom is -0.489 e. The Morgan fingerprint density at radius 2 is 1.65 bits per heavy atom. The normalized spacial score (nSPS) is 14.5. The van der Waals surface area contributed by atoms with Gasteiger partial charge < -0.3 is 9.47 Å². The molecule has 1 aliphatic heterocycles. The first-order chi connectivity index (χ1) is 17.9. The number of rotatable bonds is 12. The summed E-state index contributed by atoms with van der Waals surface area (Å²) < 4.78 is 39.9. The van der Waals surface area contributed by atoms with Gasteiger partial charge in [0.2, 0.25) is 10.0 Å². The number of non-ortho nitro benzene ring substituents is 1. The third-order valence-electron chi connectivity index (χ3n) is 6.18. The maximum atomic E-state index is 13.6. The van der Waals surface area contributed by atoms with Crippen molar-refractivity contribution in [3.8, 4) is 5.75 Å². The monoisotopic (exact) mass is 525 g/mol. The Morgan fingerprint density at radius 1 is 0.946 bits per heavy atom. The summed E-state index contributed by atoms with van der Waals surface area (Å²) in [4.78, 5) is 12.8. The number of hydrogen-bond donors (Lipinski definition) is 0. The maximum Gasteiger partial charge on any atom is 0.269 e. The van der Waals surface area contributed by atoms with Gasteiger partial charge in [-0.15, -0.1) is 0 Å². The van der Waals surface area contributed by atoms with Crippen LogP contribution in [0.15, 0.2) is 83.8 Å². The van der Waals surface area contributed by atoms with Crippen LogP contribution >= 0.6 is 0 Å². The first kappa shape index (κ1) is 26.7. The molecule has 9 nitrogen and oxygen atoms in total. The van der Waals surface area contributed by atoms with Gasteiger partial charge in [0, 0.05) is 38.3 Å². The summed E-state index contributed by atoms with van der Waals surface area (Å²) in [5, 5.41) is 11.0. The second-order valence-corrected chi connectivity index (χ2v) is 10.8. The Labute approximate surface area is 217 Å². The predicted octanol–water partition coefficient (Wildman–Crippen LogP) is 4.09. The van der Waals surface area contributed by atoms with Crippen LogP contribution in [0.3, 0.4) is 0 Å². The van der Waals surface area contributed by atoms with Crippen LogP contribution in [-0.2, 0) is 27.9 Å². The number of nitro benzene ring substituents is 1. The van der Waals surface area contributed by atoms with Crippen molar-refractivity contribution in [2.45, 2.75) is 24.5 Å². The topological polar surface area (TPSA) is 102 Å².